The van der Waals surface area contributed by atoms with Gasteiger partial charge in [0.2, 0.25) is 0 Å². The van der Waals surface area contributed by atoms with Crippen LogP contribution in [-0.2, 0) is 14.3 Å². The summed E-state index contributed by atoms with van der Waals surface area (Å²) in [6.45, 7) is 14.4. The monoisotopic (exact) mass is 438 g/mol. The Bertz CT molecular complexity index is 586. The molecule has 0 aromatic carbocycles. The number of methoxy groups -OCH3 is 1. The zero-order valence-electron chi connectivity index (χ0n) is 19.9. The zero-order chi connectivity index (χ0) is 22.4. The van der Waals surface area contributed by atoms with Crippen molar-refractivity contribution < 1.29 is 19.1 Å². The average Bonchev–Trinajstić information content (AvgIpc) is 3.06. The molecule has 2 atom stereocenters. The number of carbonyl (C=O) groups is 2. The highest BCUT2D eigenvalue weighted by Gasteiger charge is 2.42. The van der Waals surface area contributed by atoms with Gasteiger partial charge in [-0.25, -0.2) is 4.79 Å². The standard InChI is InChI=1S/C23H42N4O4/c1-18(2)25-11-7-20(8-12-25)9-13-27-19(3)22(31-23(27)29)26-16-14-24(15-17-26)10-5-6-21(28)30-4/h18-20,22H,5-17H2,1-4H3. The number of likely N-dealkylation sites (tertiary alicyclic amines) is 1. The van der Waals surface area contributed by atoms with Gasteiger partial charge in [-0.3, -0.25) is 9.69 Å². The molecule has 8 nitrogen and oxygen atoms in total. The Morgan fingerprint density at radius 3 is 2.39 bits per heavy atom. The van der Waals surface area contributed by atoms with Crippen LogP contribution in [0.1, 0.15) is 52.9 Å². The fourth-order valence-electron chi connectivity index (χ4n) is 5.13. The van der Waals surface area contributed by atoms with Gasteiger partial charge in [0.25, 0.3) is 0 Å². The van der Waals surface area contributed by atoms with Crippen LogP contribution in [0.2, 0.25) is 0 Å². The third kappa shape index (κ3) is 6.56. The van der Waals surface area contributed by atoms with Gasteiger partial charge >= 0.3 is 12.1 Å². The van der Waals surface area contributed by atoms with E-state index in [0.29, 0.717) is 18.4 Å². The molecule has 3 rings (SSSR count). The van der Waals surface area contributed by atoms with Gasteiger partial charge in [-0.1, -0.05) is 0 Å². The first-order valence-electron chi connectivity index (χ1n) is 12.1. The van der Waals surface area contributed by atoms with Gasteiger partial charge < -0.3 is 24.2 Å². The molecule has 0 N–H and O–H groups in total. The first kappa shape index (κ1) is 24.3. The summed E-state index contributed by atoms with van der Waals surface area (Å²) < 4.78 is 10.5. The summed E-state index contributed by atoms with van der Waals surface area (Å²) in [5, 5.41) is 0. The molecule has 3 heterocycles. The molecule has 0 radical (unpaired) electrons. The van der Waals surface area contributed by atoms with E-state index in [-0.39, 0.29) is 24.3 Å². The topological polar surface area (TPSA) is 65.6 Å². The quantitative estimate of drug-likeness (QED) is 0.512. The van der Waals surface area contributed by atoms with Crippen LogP contribution in [0.25, 0.3) is 0 Å². The Labute approximate surface area is 187 Å². The minimum Gasteiger partial charge on any atom is -0.469 e. The van der Waals surface area contributed by atoms with E-state index in [2.05, 4.69) is 35.5 Å². The molecule has 8 heteroatoms. The maximum absolute atomic E-state index is 12.6. The lowest BCUT2D eigenvalue weighted by molar-refractivity contribution is -0.140. The Hall–Kier alpha value is -1.38. The summed E-state index contributed by atoms with van der Waals surface area (Å²) in [6, 6.07) is 0.720. The third-order valence-corrected chi connectivity index (χ3v) is 7.37. The predicted octanol–water partition coefficient (Wildman–Crippen LogP) is 2.23. The highest BCUT2D eigenvalue weighted by Crippen LogP contribution is 2.27. The molecular formula is C23H42N4O4. The van der Waals surface area contributed by atoms with Gasteiger partial charge in [0.05, 0.1) is 13.2 Å². The number of nitrogens with zero attached hydrogens (tertiary/aromatic N) is 4. The minimum atomic E-state index is -0.155. The maximum atomic E-state index is 12.6. The lowest BCUT2D eigenvalue weighted by Gasteiger charge is -2.38. The van der Waals surface area contributed by atoms with Crippen LogP contribution in [0.5, 0.6) is 0 Å². The Balaban J connectivity index is 1.38. The number of esters is 1. The van der Waals surface area contributed by atoms with Gasteiger partial charge in [-0.2, -0.15) is 0 Å². The molecule has 0 aromatic heterocycles. The number of amides is 1. The van der Waals surface area contributed by atoms with Crippen LogP contribution < -0.4 is 0 Å². The van der Waals surface area contributed by atoms with Crippen LogP contribution in [0, 0.1) is 5.92 Å². The van der Waals surface area contributed by atoms with Gasteiger partial charge in [-0.15, -0.1) is 0 Å². The van der Waals surface area contributed by atoms with E-state index in [1.807, 2.05) is 4.90 Å². The Morgan fingerprint density at radius 1 is 1.10 bits per heavy atom. The fraction of sp³-hybridized carbons (Fsp3) is 0.913. The summed E-state index contributed by atoms with van der Waals surface area (Å²) in [7, 11) is 1.43. The average molecular weight is 439 g/mol. The molecule has 0 spiro atoms. The van der Waals surface area contributed by atoms with E-state index in [1.165, 1.54) is 33.0 Å². The number of piperidine rings is 1. The van der Waals surface area contributed by atoms with Crippen LogP contribution in [-0.4, -0.2) is 109 Å². The molecule has 0 bridgehead atoms. The number of ether oxygens (including phenoxy) is 2. The molecule has 0 saturated carbocycles. The van der Waals surface area contributed by atoms with Crippen molar-refractivity contribution in [1.82, 2.24) is 19.6 Å². The number of hydrogen-bond donors (Lipinski definition) is 0. The normalized spacial score (nSPS) is 27.1. The minimum absolute atomic E-state index is 0.0918. The van der Waals surface area contributed by atoms with E-state index < -0.39 is 0 Å². The number of piperazine rings is 1. The van der Waals surface area contributed by atoms with Crippen molar-refractivity contribution in [1.29, 1.82) is 0 Å². The maximum Gasteiger partial charge on any atom is 0.411 e. The Kier molecular flexibility index (Phi) is 8.98. The number of cyclic esters (lactones) is 1. The summed E-state index contributed by atoms with van der Waals surface area (Å²) in [5.41, 5.74) is 0. The van der Waals surface area contributed by atoms with Gasteiger partial charge in [0.1, 0.15) is 0 Å². The van der Waals surface area contributed by atoms with E-state index in [0.717, 1.165) is 52.1 Å². The van der Waals surface area contributed by atoms with Crippen molar-refractivity contribution in [3.8, 4) is 0 Å². The van der Waals surface area contributed by atoms with Crippen LogP contribution in [0.4, 0.5) is 4.79 Å². The van der Waals surface area contributed by atoms with E-state index in [9.17, 15) is 9.59 Å². The summed E-state index contributed by atoms with van der Waals surface area (Å²) in [4.78, 5) is 33.0. The summed E-state index contributed by atoms with van der Waals surface area (Å²) in [6.07, 6.45) is 4.54. The number of rotatable bonds is 9. The van der Waals surface area contributed by atoms with Gasteiger partial charge in [-0.05, 0) is 72.0 Å². The van der Waals surface area contributed by atoms with Crippen LogP contribution in [0.3, 0.4) is 0 Å². The molecule has 0 aliphatic carbocycles. The summed E-state index contributed by atoms with van der Waals surface area (Å²) >= 11 is 0. The Morgan fingerprint density at radius 2 is 1.77 bits per heavy atom. The largest absolute Gasteiger partial charge is 0.469 e. The second kappa shape index (κ2) is 11.5. The molecule has 3 saturated heterocycles. The van der Waals surface area contributed by atoms with Crippen molar-refractivity contribution in [2.24, 2.45) is 5.92 Å². The molecule has 178 valence electrons. The van der Waals surface area contributed by atoms with Gasteiger partial charge in [0, 0.05) is 45.2 Å². The van der Waals surface area contributed by atoms with Crippen LogP contribution in [0.15, 0.2) is 0 Å². The second-order valence-corrected chi connectivity index (χ2v) is 9.63. The highest BCUT2D eigenvalue weighted by molar-refractivity contribution is 5.70. The lowest BCUT2D eigenvalue weighted by Crippen LogP contribution is -2.53. The lowest BCUT2D eigenvalue weighted by atomic mass is 9.92. The van der Waals surface area contributed by atoms with Crippen LogP contribution >= 0.6 is 0 Å². The molecule has 3 aliphatic rings. The molecule has 3 fully saturated rings. The molecule has 2 unspecified atom stereocenters. The molecule has 3 aliphatic heterocycles. The predicted molar refractivity (Wildman–Crippen MR) is 120 cm³/mol. The third-order valence-electron chi connectivity index (χ3n) is 7.37. The molecular weight excluding hydrogens is 396 g/mol. The SMILES string of the molecule is COC(=O)CCCN1CCN(C2OC(=O)N(CCC3CCN(C(C)C)CC3)C2C)CC1. The smallest absolute Gasteiger partial charge is 0.411 e. The van der Waals surface area contributed by atoms with E-state index in [1.54, 1.807) is 0 Å². The van der Waals surface area contributed by atoms with Crippen molar-refractivity contribution in [2.75, 3.05) is 59.5 Å². The first-order valence-corrected chi connectivity index (χ1v) is 12.1. The molecule has 31 heavy (non-hydrogen) atoms. The fourth-order valence-corrected chi connectivity index (χ4v) is 5.13. The van der Waals surface area contributed by atoms with Crippen molar-refractivity contribution in [3.63, 3.8) is 0 Å². The zero-order valence-corrected chi connectivity index (χ0v) is 19.9. The molecule has 1 amide bonds. The van der Waals surface area contributed by atoms with Gasteiger partial charge in [0.15, 0.2) is 6.23 Å². The van der Waals surface area contributed by atoms with Crippen molar-refractivity contribution in [3.05, 3.63) is 0 Å². The van der Waals surface area contributed by atoms with Crippen molar-refractivity contribution >= 4 is 12.1 Å². The van der Waals surface area contributed by atoms with Crippen molar-refractivity contribution in [2.45, 2.75) is 71.2 Å². The second-order valence-electron chi connectivity index (χ2n) is 9.63. The highest BCUT2D eigenvalue weighted by atomic mass is 16.6. The first-order chi connectivity index (χ1) is 14.9. The number of hydrogen-bond acceptors (Lipinski definition) is 7. The number of carbonyl (C=O) groups excluding carboxylic acids is 2. The van der Waals surface area contributed by atoms with E-state index >= 15 is 0 Å². The van der Waals surface area contributed by atoms with E-state index in [4.69, 9.17) is 9.47 Å². The molecule has 0 aromatic rings. The summed E-state index contributed by atoms with van der Waals surface area (Å²) in [5.74, 6) is 0.568.